The van der Waals surface area contributed by atoms with Crippen molar-refractivity contribution in [3.05, 3.63) is 28.7 Å². The van der Waals surface area contributed by atoms with E-state index in [9.17, 15) is 4.79 Å². The molecular formula is C8H7BrN2O2. The largest absolute Gasteiger partial charge is 0.411 e. The van der Waals surface area contributed by atoms with Gasteiger partial charge in [0.2, 0.25) is 0 Å². The van der Waals surface area contributed by atoms with Crippen LogP contribution in [0.4, 0.5) is 5.69 Å². The number of halogens is 1. The van der Waals surface area contributed by atoms with Gasteiger partial charge >= 0.3 is 0 Å². The van der Waals surface area contributed by atoms with E-state index in [1.807, 2.05) is 0 Å². The van der Waals surface area contributed by atoms with Gasteiger partial charge in [-0.3, -0.25) is 4.79 Å². The summed E-state index contributed by atoms with van der Waals surface area (Å²) in [6, 6.07) is 7.05. The predicted molar refractivity (Wildman–Crippen MR) is 53.1 cm³/mol. The van der Waals surface area contributed by atoms with Crippen molar-refractivity contribution in [1.82, 2.24) is 0 Å². The van der Waals surface area contributed by atoms with Gasteiger partial charge in [0, 0.05) is 10.2 Å². The first-order chi connectivity index (χ1) is 6.22. The highest BCUT2D eigenvalue weighted by molar-refractivity contribution is 9.10. The third-order valence-electron chi connectivity index (χ3n) is 1.29. The summed E-state index contributed by atoms with van der Waals surface area (Å²) in [4.78, 5) is 10.9. The lowest BCUT2D eigenvalue weighted by Gasteiger charge is -2.00. The summed E-state index contributed by atoms with van der Waals surface area (Å²) in [5.74, 6) is -0.468. The maximum Gasteiger partial charge on any atom is 0.270 e. The Hall–Kier alpha value is -1.36. The van der Waals surface area contributed by atoms with Crippen LogP contribution >= 0.6 is 15.9 Å². The molecule has 0 aliphatic rings. The Balaban J connectivity index is 2.64. The highest BCUT2D eigenvalue weighted by Crippen LogP contribution is 2.13. The summed E-state index contributed by atoms with van der Waals surface area (Å²) >= 11 is 3.26. The molecule has 0 spiro atoms. The Kier molecular flexibility index (Phi) is 3.45. The first-order valence-electron chi connectivity index (χ1n) is 3.46. The molecule has 0 aromatic heterocycles. The van der Waals surface area contributed by atoms with Gasteiger partial charge in [-0.1, -0.05) is 21.1 Å². The van der Waals surface area contributed by atoms with Crippen LogP contribution < -0.4 is 5.32 Å². The van der Waals surface area contributed by atoms with Gasteiger partial charge in [0.25, 0.3) is 5.91 Å². The second-order valence-electron chi connectivity index (χ2n) is 2.24. The maximum absolute atomic E-state index is 10.9. The Morgan fingerprint density at radius 3 is 2.62 bits per heavy atom. The minimum absolute atomic E-state index is 0.468. The molecule has 5 heteroatoms. The average molecular weight is 243 g/mol. The van der Waals surface area contributed by atoms with Gasteiger partial charge in [-0.2, -0.15) is 0 Å². The van der Waals surface area contributed by atoms with Crippen LogP contribution in [0, 0.1) is 0 Å². The van der Waals surface area contributed by atoms with Gasteiger partial charge < -0.3 is 10.5 Å². The Morgan fingerprint density at radius 2 is 2.08 bits per heavy atom. The number of rotatable bonds is 2. The smallest absolute Gasteiger partial charge is 0.270 e. The van der Waals surface area contributed by atoms with Crippen LogP contribution in [0.5, 0.6) is 0 Å². The molecule has 1 aromatic rings. The van der Waals surface area contributed by atoms with Gasteiger partial charge in [-0.05, 0) is 24.3 Å². The molecule has 2 N–H and O–H groups in total. The summed E-state index contributed by atoms with van der Waals surface area (Å²) in [7, 11) is 0. The number of nitrogens with zero attached hydrogens (tertiary/aromatic N) is 1. The van der Waals surface area contributed by atoms with E-state index in [0.717, 1.165) is 10.7 Å². The van der Waals surface area contributed by atoms with Gasteiger partial charge in [-0.25, -0.2) is 0 Å². The first kappa shape index (κ1) is 9.73. The lowest BCUT2D eigenvalue weighted by atomic mass is 10.3. The van der Waals surface area contributed by atoms with Crippen LogP contribution in [-0.4, -0.2) is 17.3 Å². The van der Waals surface area contributed by atoms with Gasteiger partial charge in [0.05, 0.1) is 0 Å². The Morgan fingerprint density at radius 1 is 1.46 bits per heavy atom. The molecule has 4 nitrogen and oxygen atoms in total. The number of oxime groups is 1. The van der Waals surface area contributed by atoms with Crippen LogP contribution in [0.3, 0.4) is 0 Å². The quantitative estimate of drug-likeness (QED) is 0.473. The lowest BCUT2D eigenvalue weighted by molar-refractivity contribution is -0.110. The van der Waals surface area contributed by atoms with Crippen LogP contribution in [0.2, 0.25) is 0 Å². The molecule has 0 radical (unpaired) electrons. The highest BCUT2D eigenvalue weighted by Gasteiger charge is 1.97. The number of anilines is 1. The topological polar surface area (TPSA) is 61.7 Å². The zero-order chi connectivity index (χ0) is 9.68. The van der Waals surface area contributed by atoms with Crippen molar-refractivity contribution in [1.29, 1.82) is 0 Å². The van der Waals surface area contributed by atoms with Crippen molar-refractivity contribution >= 4 is 33.7 Å². The van der Waals surface area contributed by atoms with E-state index in [0.29, 0.717) is 5.69 Å². The average Bonchev–Trinajstić information content (AvgIpc) is 2.09. The zero-order valence-corrected chi connectivity index (χ0v) is 8.15. The molecule has 0 unspecified atom stereocenters. The van der Waals surface area contributed by atoms with E-state index in [-0.39, 0.29) is 0 Å². The number of carbonyl (C=O) groups is 1. The molecule has 1 amide bonds. The molecule has 0 saturated carbocycles. The fourth-order valence-electron chi connectivity index (χ4n) is 0.760. The molecule has 0 fully saturated rings. The zero-order valence-electron chi connectivity index (χ0n) is 6.57. The highest BCUT2D eigenvalue weighted by atomic mass is 79.9. The Labute approximate surface area is 83.4 Å². The minimum atomic E-state index is -0.468. The van der Waals surface area contributed by atoms with Crippen molar-refractivity contribution in [2.45, 2.75) is 0 Å². The number of benzene rings is 1. The molecule has 13 heavy (non-hydrogen) atoms. The van der Waals surface area contributed by atoms with E-state index in [1.54, 1.807) is 24.3 Å². The predicted octanol–water partition coefficient (Wildman–Crippen LogP) is 1.85. The number of hydrogen-bond donors (Lipinski definition) is 2. The van der Waals surface area contributed by atoms with Gasteiger partial charge in [0.1, 0.15) is 6.21 Å². The van der Waals surface area contributed by atoms with Crippen LogP contribution in [0.25, 0.3) is 0 Å². The standard InChI is InChI=1S/C8H7BrN2O2/c9-6-1-3-7(4-2-6)11-8(12)5-10-13/h1-5,13H,(H,11,12). The van der Waals surface area contributed by atoms with E-state index in [1.165, 1.54) is 0 Å². The van der Waals surface area contributed by atoms with E-state index >= 15 is 0 Å². The molecule has 0 bridgehead atoms. The fraction of sp³-hybridized carbons (Fsp3) is 0. The Bertz CT molecular complexity index is 321. The minimum Gasteiger partial charge on any atom is -0.411 e. The molecule has 0 aliphatic carbocycles. The SMILES string of the molecule is O=C(C=NO)Nc1ccc(Br)cc1. The van der Waals surface area contributed by atoms with Crippen molar-refractivity contribution in [2.24, 2.45) is 5.16 Å². The van der Waals surface area contributed by atoms with E-state index in [2.05, 4.69) is 26.4 Å². The fourth-order valence-corrected chi connectivity index (χ4v) is 1.02. The van der Waals surface area contributed by atoms with Gasteiger partial charge in [0.15, 0.2) is 0 Å². The first-order valence-corrected chi connectivity index (χ1v) is 4.25. The van der Waals surface area contributed by atoms with Crippen LogP contribution in [0.15, 0.2) is 33.9 Å². The second kappa shape index (κ2) is 4.61. The van der Waals surface area contributed by atoms with Crippen LogP contribution in [0.1, 0.15) is 0 Å². The molecule has 0 aliphatic heterocycles. The summed E-state index contributed by atoms with van der Waals surface area (Å²) in [6.45, 7) is 0. The number of hydrogen-bond acceptors (Lipinski definition) is 3. The summed E-state index contributed by atoms with van der Waals surface area (Å²) in [5, 5.41) is 13.2. The second-order valence-corrected chi connectivity index (χ2v) is 3.16. The molecule has 0 saturated heterocycles. The maximum atomic E-state index is 10.9. The van der Waals surface area contributed by atoms with Crippen molar-refractivity contribution in [2.75, 3.05) is 5.32 Å². The van der Waals surface area contributed by atoms with Crippen LogP contribution in [-0.2, 0) is 4.79 Å². The number of carbonyl (C=O) groups excluding carboxylic acids is 1. The van der Waals surface area contributed by atoms with E-state index in [4.69, 9.17) is 5.21 Å². The summed E-state index contributed by atoms with van der Waals surface area (Å²) in [6.07, 6.45) is 0.794. The molecule has 1 rings (SSSR count). The van der Waals surface area contributed by atoms with Crippen molar-refractivity contribution in [3.8, 4) is 0 Å². The number of nitrogens with one attached hydrogen (secondary N) is 1. The molecule has 1 aromatic carbocycles. The van der Waals surface area contributed by atoms with Crippen molar-refractivity contribution in [3.63, 3.8) is 0 Å². The van der Waals surface area contributed by atoms with Gasteiger partial charge in [-0.15, -0.1) is 0 Å². The summed E-state index contributed by atoms with van der Waals surface area (Å²) < 4.78 is 0.932. The summed E-state index contributed by atoms with van der Waals surface area (Å²) in [5.41, 5.74) is 0.646. The lowest BCUT2D eigenvalue weighted by Crippen LogP contribution is -2.12. The third-order valence-corrected chi connectivity index (χ3v) is 1.82. The van der Waals surface area contributed by atoms with E-state index < -0.39 is 5.91 Å². The molecule has 68 valence electrons. The monoisotopic (exact) mass is 242 g/mol. The molecule has 0 atom stereocenters. The molecular weight excluding hydrogens is 236 g/mol. The van der Waals surface area contributed by atoms with Crippen molar-refractivity contribution < 1.29 is 10.0 Å². The third kappa shape index (κ3) is 3.25. The normalized spacial score (nSPS) is 10.2. The number of amides is 1. The molecule has 0 heterocycles.